The van der Waals surface area contributed by atoms with Gasteiger partial charge in [0.1, 0.15) is 6.04 Å². The van der Waals surface area contributed by atoms with E-state index < -0.39 is 16.1 Å². The van der Waals surface area contributed by atoms with Gasteiger partial charge in [0.2, 0.25) is 15.9 Å². The Labute approximate surface area is 190 Å². The second kappa shape index (κ2) is 11.2. The third-order valence-electron chi connectivity index (χ3n) is 5.83. The topological polar surface area (TPSA) is 66.5 Å². The number of hydrogen-bond acceptors (Lipinski definition) is 4. The molecule has 1 amide bonds. The number of thioether (sulfide) groups is 1. The maximum Gasteiger partial charge on any atom is 0.241 e. The minimum Gasteiger partial charge on any atom is -0.341 e. The Morgan fingerprint density at radius 1 is 1.10 bits per heavy atom. The molecule has 1 N–H and O–H groups in total. The van der Waals surface area contributed by atoms with Crippen molar-refractivity contribution in [1.82, 2.24) is 9.62 Å². The molecular formula is C24H32N2O3S2. The van der Waals surface area contributed by atoms with E-state index in [9.17, 15) is 13.2 Å². The first-order chi connectivity index (χ1) is 14.9. The van der Waals surface area contributed by atoms with Crippen LogP contribution in [0, 0.1) is 12.8 Å². The molecule has 168 valence electrons. The van der Waals surface area contributed by atoms with Gasteiger partial charge in [0, 0.05) is 13.1 Å². The first kappa shape index (κ1) is 23.8. The second-order valence-corrected chi connectivity index (χ2v) is 10.9. The summed E-state index contributed by atoms with van der Waals surface area (Å²) in [6.07, 6.45) is 5.36. The standard InChI is InChI=1S/C24H32N2O3S2/c1-19-8-10-22(11-9-19)31(28,29)25-23(14-17-30-2)24(27)26-15-12-21(13-16-26)18-20-6-4-3-5-7-20/h3-11,21,23,25H,12-18H2,1-2H3. The summed E-state index contributed by atoms with van der Waals surface area (Å²) >= 11 is 1.61. The molecule has 1 saturated heterocycles. The normalized spacial score (nSPS) is 16.3. The number of rotatable bonds is 9. The molecule has 1 aliphatic rings. The van der Waals surface area contributed by atoms with Crippen molar-refractivity contribution in [3.05, 3.63) is 65.7 Å². The van der Waals surface area contributed by atoms with Crippen LogP contribution < -0.4 is 4.72 Å². The van der Waals surface area contributed by atoms with Gasteiger partial charge in [0.25, 0.3) is 0 Å². The molecule has 3 rings (SSSR count). The van der Waals surface area contributed by atoms with E-state index in [0.717, 1.165) is 30.6 Å². The van der Waals surface area contributed by atoms with Crippen molar-refractivity contribution in [1.29, 1.82) is 0 Å². The zero-order valence-corrected chi connectivity index (χ0v) is 19.9. The largest absolute Gasteiger partial charge is 0.341 e. The SMILES string of the molecule is CSCCC(NS(=O)(=O)c1ccc(C)cc1)C(=O)N1CCC(Cc2ccccc2)CC1. The van der Waals surface area contributed by atoms with Gasteiger partial charge in [-0.15, -0.1) is 0 Å². The Morgan fingerprint density at radius 3 is 2.35 bits per heavy atom. The lowest BCUT2D eigenvalue weighted by atomic mass is 9.90. The second-order valence-electron chi connectivity index (χ2n) is 8.23. The molecule has 1 fully saturated rings. The van der Waals surface area contributed by atoms with Crippen LogP contribution in [0.25, 0.3) is 0 Å². The van der Waals surface area contributed by atoms with Crippen molar-refractivity contribution in [3.8, 4) is 0 Å². The Morgan fingerprint density at radius 2 is 1.74 bits per heavy atom. The highest BCUT2D eigenvalue weighted by Crippen LogP contribution is 2.23. The summed E-state index contributed by atoms with van der Waals surface area (Å²) in [5.74, 6) is 1.17. The zero-order valence-electron chi connectivity index (χ0n) is 18.3. The van der Waals surface area contributed by atoms with E-state index in [1.165, 1.54) is 5.56 Å². The lowest BCUT2D eigenvalue weighted by molar-refractivity contribution is -0.134. The molecule has 1 unspecified atom stereocenters. The molecule has 2 aromatic rings. The molecule has 0 aromatic heterocycles. The van der Waals surface area contributed by atoms with Crippen molar-refractivity contribution in [2.45, 2.75) is 43.5 Å². The molecule has 7 heteroatoms. The molecule has 1 atom stereocenters. The number of sulfonamides is 1. The maximum absolute atomic E-state index is 13.2. The number of amides is 1. The molecule has 2 aromatic carbocycles. The first-order valence-electron chi connectivity index (χ1n) is 10.8. The highest BCUT2D eigenvalue weighted by molar-refractivity contribution is 7.98. The third kappa shape index (κ3) is 6.82. The minimum atomic E-state index is -3.75. The quantitative estimate of drug-likeness (QED) is 0.617. The van der Waals surface area contributed by atoms with Crippen LogP contribution in [0.15, 0.2) is 59.5 Å². The summed E-state index contributed by atoms with van der Waals surface area (Å²) in [6, 6.07) is 16.4. The zero-order chi connectivity index (χ0) is 22.3. The van der Waals surface area contributed by atoms with Gasteiger partial charge in [-0.1, -0.05) is 48.0 Å². The molecular weight excluding hydrogens is 428 g/mol. The Hall–Kier alpha value is -1.83. The van der Waals surface area contributed by atoms with Gasteiger partial charge in [0.05, 0.1) is 4.90 Å². The lowest BCUT2D eigenvalue weighted by Crippen LogP contribution is -2.51. The predicted molar refractivity (Wildman–Crippen MR) is 128 cm³/mol. The van der Waals surface area contributed by atoms with Crippen molar-refractivity contribution < 1.29 is 13.2 Å². The summed E-state index contributed by atoms with van der Waals surface area (Å²) in [4.78, 5) is 15.3. The molecule has 0 saturated carbocycles. The van der Waals surface area contributed by atoms with Crippen molar-refractivity contribution >= 4 is 27.7 Å². The Balaban J connectivity index is 1.62. The predicted octanol–water partition coefficient (Wildman–Crippen LogP) is 3.88. The Kier molecular flexibility index (Phi) is 8.58. The minimum absolute atomic E-state index is 0.108. The molecule has 1 heterocycles. The number of nitrogens with zero attached hydrogens (tertiary/aromatic N) is 1. The van der Waals surface area contributed by atoms with Gasteiger partial charge in [-0.25, -0.2) is 8.42 Å². The molecule has 1 aliphatic heterocycles. The monoisotopic (exact) mass is 460 g/mol. The summed E-state index contributed by atoms with van der Waals surface area (Å²) < 4.78 is 28.4. The van der Waals surface area contributed by atoms with Crippen molar-refractivity contribution in [2.75, 3.05) is 25.1 Å². The van der Waals surface area contributed by atoms with Gasteiger partial charge in [-0.2, -0.15) is 16.5 Å². The number of carbonyl (C=O) groups excluding carboxylic acids is 1. The van der Waals surface area contributed by atoms with Crippen LogP contribution >= 0.6 is 11.8 Å². The molecule has 0 spiro atoms. The number of carbonyl (C=O) groups is 1. The highest BCUT2D eigenvalue weighted by Gasteiger charge is 2.31. The van der Waals surface area contributed by atoms with Crippen LogP contribution in [0.2, 0.25) is 0 Å². The van der Waals surface area contributed by atoms with E-state index in [1.54, 1.807) is 36.0 Å². The lowest BCUT2D eigenvalue weighted by Gasteiger charge is -2.34. The number of likely N-dealkylation sites (tertiary alicyclic amines) is 1. The van der Waals surface area contributed by atoms with Gasteiger partial charge in [-0.3, -0.25) is 4.79 Å². The molecule has 31 heavy (non-hydrogen) atoms. The summed E-state index contributed by atoms with van der Waals surface area (Å²) in [5, 5.41) is 0. The van der Waals surface area contributed by atoms with E-state index in [1.807, 2.05) is 24.1 Å². The number of hydrogen-bond donors (Lipinski definition) is 1. The van der Waals surface area contributed by atoms with Crippen LogP contribution in [-0.4, -0.2) is 50.4 Å². The Bertz CT molecular complexity index is 939. The van der Waals surface area contributed by atoms with E-state index >= 15 is 0 Å². The van der Waals surface area contributed by atoms with Gasteiger partial charge >= 0.3 is 0 Å². The fraction of sp³-hybridized carbons (Fsp3) is 0.458. The van der Waals surface area contributed by atoms with Crippen LogP contribution in [0.5, 0.6) is 0 Å². The summed E-state index contributed by atoms with van der Waals surface area (Å²) in [6.45, 7) is 3.27. The van der Waals surface area contributed by atoms with E-state index in [2.05, 4.69) is 29.0 Å². The number of benzene rings is 2. The average molecular weight is 461 g/mol. The van der Waals surface area contributed by atoms with Gasteiger partial charge < -0.3 is 4.90 Å². The fourth-order valence-electron chi connectivity index (χ4n) is 3.97. The van der Waals surface area contributed by atoms with Crippen molar-refractivity contribution in [3.63, 3.8) is 0 Å². The van der Waals surface area contributed by atoms with Crippen LogP contribution in [0.3, 0.4) is 0 Å². The smallest absolute Gasteiger partial charge is 0.241 e. The van der Waals surface area contributed by atoms with Crippen LogP contribution in [0.4, 0.5) is 0 Å². The molecule has 5 nitrogen and oxygen atoms in total. The van der Waals surface area contributed by atoms with E-state index in [0.29, 0.717) is 25.4 Å². The van der Waals surface area contributed by atoms with Crippen molar-refractivity contribution in [2.24, 2.45) is 5.92 Å². The van der Waals surface area contributed by atoms with Crippen LogP contribution in [0.1, 0.15) is 30.4 Å². The first-order valence-corrected chi connectivity index (χ1v) is 13.7. The van der Waals surface area contributed by atoms with Gasteiger partial charge in [0.15, 0.2) is 0 Å². The number of piperidine rings is 1. The highest BCUT2D eigenvalue weighted by atomic mass is 32.2. The summed E-state index contributed by atoms with van der Waals surface area (Å²) in [5.41, 5.74) is 2.32. The van der Waals surface area contributed by atoms with Gasteiger partial charge in [-0.05, 0) is 68.2 Å². The summed E-state index contributed by atoms with van der Waals surface area (Å²) in [7, 11) is -3.75. The van der Waals surface area contributed by atoms with Crippen LogP contribution in [-0.2, 0) is 21.2 Å². The molecule has 0 bridgehead atoms. The number of nitrogens with one attached hydrogen (secondary N) is 1. The van der Waals surface area contributed by atoms with E-state index in [4.69, 9.17) is 0 Å². The fourth-order valence-corrected chi connectivity index (χ4v) is 5.66. The maximum atomic E-state index is 13.2. The average Bonchev–Trinajstić information content (AvgIpc) is 2.77. The molecule has 0 radical (unpaired) electrons. The van der Waals surface area contributed by atoms with E-state index in [-0.39, 0.29) is 10.8 Å². The third-order valence-corrected chi connectivity index (χ3v) is 7.96. The molecule has 0 aliphatic carbocycles. The number of aryl methyl sites for hydroxylation is 1.